The van der Waals surface area contributed by atoms with Crippen LogP contribution in [0.3, 0.4) is 0 Å². The first kappa shape index (κ1) is 25.1. The summed E-state index contributed by atoms with van der Waals surface area (Å²) >= 11 is 0. The Morgan fingerprint density at radius 2 is 1.94 bits per heavy atom. The summed E-state index contributed by atoms with van der Waals surface area (Å²) in [5, 5.41) is 15.6. The molecule has 0 saturated heterocycles. The summed E-state index contributed by atoms with van der Waals surface area (Å²) in [6.07, 6.45) is 0.630. The highest BCUT2D eigenvalue weighted by Crippen LogP contribution is 2.37. The highest BCUT2D eigenvalue weighted by atomic mass is 32.2. The van der Waals surface area contributed by atoms with Crippen LogP contribution in [0, 0.1) is 17.0 Å². The van der Waals surface area contributed by atoms with Crippen molar-refractivity contribution >= 4 is 27.4 Å². The summed E-state index contributed by atoms with van der Waals surface area (Å²) in [4.78, 5) is 22.7. The molecular weight excluding hydrogens is 466 g/mol. The molecule has 1 amide bonds. The number of nitrogens with zero attached hydrogens (tertiary/aromatic N) is 2. The quantitative estimate of drug-likeness (QED) is 0.244. The Bertz CT molecular complexity index is 1260. The Morgan fingerprint density at radius 1 is 1.26 bits per heavy atom. The van der Waals surface area contributed by atoms with E-state index in [2.05, 4.69) is 10.5 Å². The topological polar surface area (TPSA) is 146 Å². The van der Waals surface area contributed by atoms with E-state index in [4.69, 9.17) is 13.7 Å². The molecule has 2 aromatic carbocycles. The number of hydrogen-bond donors (Lipinski definition) is 1. The number of fused-ring (bicyclic) bond motifs is 1. The first-order valence-electron chi connectivity index (χ1n) is 10.4. The van der Waals surface area contributed by atoms with Gasteiger partial charge in [-0.1, -0.05) is 6.92 Å². The Kier molecular flexibility index (Phi) is 7.52. The van der Waals surface area contributed by atoms with E-state index in [0.717, 1.165) is 6.26 Å². The SMILES string of the molecule is CCC(=O)NN=C(c1ccc([N+](=O)[O-])c(C)c1)c1cc2c(cc1C[C@@H](C)OS(C)(=O)=O)OCO2. The van der Waals surface area contributed by atoms with Crippen LogP contribution in [-0.4, -0.2) is 44.1 Å². The molecule has 0 aromatic heterocycles. The standard InChI is InChI=1S/C22H25N3O8S/c1-5-21(26)23-24-22(15-6-7-18(25(27)28)13(2)8-15)17-11-20-19(31-12-32-20)10-16(17)9-14(3)33-34(4,29)30/h6-8,10-11,14H,5,9,12H2,1-4H3,(H,23,26)/t14-/m1/s1. The Balaban J connectivity index is 2.15. The lowest BCUT2D eigenvalue weighted by atomic mass is 9.93. The zero-order valence-corrected chi connectivity index (χ0v) is 20.0. The van der Waals surface area contributed by atoms with Gasteiger partial charge in [-0.25, -0.2) is 5.43 Å². The number of carbonyl (C=O) groups excluding carboxylic acids is 1. The number of nitrogens with one attached hydrogen (secondary N) is 1. The van der Waals surface area contributed by atoms with Gasteiger partial charge in [-0.3, -0.25) is 19.1 Å². The van der Waals surface area contributed by atoms with E-state index >= 15 is 0 Å². The minimum absolute atomic E-state index is 0.0172. The van der Waals surface area contributed by atoms with E-state index in [-0.39, 0.29) is 31.2 Å². The summed E-state index contributed by atoms with van der Waals surface area (Å²) in [5.74, 6) is 0.595. The predicted octanol–water partition coefficient (Wildman–Crippen LogP) is 2.82. The first-order chi connectivity index (χ1) is 16.0. The number of nitro groups is 1. The van der Waals surface area contributed by atoms with Crippen molar-refractivity contribution in [2.24, 2.45) is 5.10 Å². The number of benzene rings is 2. The van der Waals surface area contributed by atoms with Crippen LogP contribution in [-0.2, 0) is 25.5 Å². The van der Waals surface area contributed by atoms with Crippen molar-refractivity contribution in [1.82, 2.24) is 5.43 Å². The van der Waals surface area contributed by atoms with E-state index in [1.807, 2.05) is 0 Å². The molecule has 0 unspecified atom stereocenters. The third-order valence-corrected chi connectivity index (χ3v) is 5.66. The number of rotatable bonds is 9. The third-order valence-electron chi connectivity index (χ3n) is 4.98. The minimum atomic E-state index is -3.69. The Morgan fingerprint density at radius 3 is 2.53 bits per heavy atom. The van der Waals surface area contributed by atoms with Gasteiger partial charge in [-0.15, -0.1) is 0 Å². The van der Waals surface area contributed by atoms with Crippen molar-refractivity contribution < 1.29 is 31.8 Å². The number of hydrogen-bond acceptors (Lipinski definition) is 9. The lowest BCUT2D eigenvalue weighted by Crippen LogP contribution is -2.22. The second-order valence-electron chi connectivity index (χ2n) is 7.79. The summed E-state index contributed by atoms with van der Waals surface area (Å²) in [6.45, 7) is 4.91. The molecule has 2 aromatic rings. The molecule has 0 spiro atoms. The van der Waals surface area contributed by atoms with Gasteiger partial charge < -0.3 is 9.47 Å². The maximum absolute atomic E-state index is 12.0. The van der Waals surface area contributed by atoms with Gasteiger partial charge in [-0.05, 0) is 43.7 Å². The highest BCUT2D eigenvalue weighted by Gasteiger charge is 2.24. The molecular formula is C22H25N3O8S. The Hall–Kier alpha value is -3.51. The second kappa shape index (κ2) is 10.2. The summed E-state index contributed by atoms with van der Waals surface area (Å²) < 4.78 is 39.3. The van der Waals surface area contributed by atoms with Crippen molar-refractivity contribution in [2.75, 3.05) is 13.0 Å². The van der Waals surface area contributed by atoms with E-state index in [1.165, 1.54) is 12.1 Å². The molecule has 0 bridgehead atoms. The average Bonchev–Trinajstić information content (AvgIpc) is 3.19. The normalized spacial score (nSPS) is 14.1. The van der Waals surface area contributed by atoms with Crippen LogP contribution in [0.2, 0.25) is 0 Å². The van der Waals surface area contributed by atoms with Crippen molar-refractivity contribution in [3.05, 3.63) is 62.7 Å². The van der Waals surface area contributed by atoms with Crippen molar-refractivity contribution in [2.45, 2.75) is 39.7 Å². The van der Waals surface area contributed by atoms with Gasteiger partial charge in [-0.2, -0.15) is 13.5 Å². The molecule has 0 aliphatic carbocycles. The zero-order valence-electron chi connectivity index (χ0n) is 19.2. The number of amides is 1. The second-order valence-corrected chi connectivity index (χ2v) is 9.39. The maximum Gasteiger partial charge on any atom is 0.272 e. The molecule has 182 valence electrons. The molecule has 0 saturated carbocycles. The number of ether oxygens (including phenoxy) is 2. The van der Waals surface area contributed by atoms with Gasteiger partial charge in [0, 0.05) is 35.6 Å². The van der Waals surface area contributed by atoms with Gasteiger partial charge >= 0.3 is 0 Å². The lowest BCUT2D eigenvalue weighted by Gasteiger charge is -2.17. The van der Waals surface area contributed by atoms with Crippen molar-refractivity contribution in [3.63, 3.8) is 0 Å². The van der Waals surface area contributed by atoms with Gasteiger partial charge in [0.05, 0.1) is 23.0 Å². The molecule has 12 heteroatoms. The smallest absolute Gasteiger partial charge is 0.272 e. The molecule has 1 N–H and O–H groups in total. The van der Waals surface area contributed by atoms with Crippen LogP contribution in [0.25, 0.3) is 0 Å². The fourth-order valence-electron chi connectivity index (χ4n) is 3.50. The van der Waals surface area contributed by atoms with E-state index in [1.54, 1.807) is 39.0 Å². The molecule has 1 atom stereocenters. The van der Waals surface area contributed by atoms with Gasteiger partial charge in [0.2, 0.25) is 12.7 Å². The molecule has 11 nitrogen and oxygen atoms in total. The van der Waals surface area contributed by atoms with Gasteiger partial charge in [0.25, 0.3) is 15.8 Å². The molecule has 1 heterocycles. The number of aryl methyl sites for hydroxylation is 1. The Labute approximate surface area is 197 Å². The van der Waals surface area contributed by atoms with E-state index in [0.29, 0.717) is 39.5 Å². The summed E-state index contributed by atoms with van der Waals surface area (Å²) in [6, 6.07) is 7.88. The molecule has 1 aliphatic heterocycles. The fourth-order valence-corrected chi connectivity index (χ4v) is 4.17. The lowest BCUT2D eigenvalue weighted by molar-refractivity contribution is -0.385. The third kappa shape index (κ3) is 6.08. The predicted molar refractivity (Wildman–Crippen MR) is 124 cm³/mol. The molecule has 34 heavy (non-hydrogen) atoms. The fraction of sp³-hybridized carbons (Fsp3) is 0.364. The molecule has 1 aliphatic rings. The first-order valence-corrected chi connectivity index (χ1v) is 12.2. The monoisotopic (exact) mass is 491 g/mol. The average molecular weight is 492 g/mol. The maximum atomic E-state index is 12.0. The largest absolute Gasteiger partial charge is 0.454 e. The van der Waals surface area contributed by atoms with Gasteiger partial charge in [0.1, 0.15) is 0 Å². The van der Waals surface area contributed by atoms with Crippen molar-refractivity contribution in [1.29, 1.82) is 0 Å². The van der Waals surface area contributed by atoms with Crippen LogP contribution in [0.5, 0.6) is 11.5 Å². The number of carbonyl (C=O) groups is 1. The van der Waals surface area contributed by atoms with E-state index < -0.39 is 21.1 Å². The van der Waals surface area contributed by atoms with Crippen LogP contribution in [0.1, 0.15) is 42.5 Å². The van der Waals surface area contributed by atoms with Crippen LogP contribution in [0.4, 0.5) is 5.69 Å². The van der Waals surface area contributed by atoms with Crippen LogP contribution < -0.4 is 14.9 Å². The highest BCUT2D eigenvalue weighted by molar-refractivity contribution is 7.86. The number of hydrazone groups is 1. The van der Waals surface area contributed by atoms with Crippen molar-refractivity contribution in [3.8, 4) is 11.5 Å². The summed E-state index contributed by atoms with van der Waals surface area (Å²) in [5.41, 5.74) is 4.83. The zero-order chi connectivity index (χ0) is 25.0. The molecule has 0 fully saturated rings. The van der Waals surface area contributed by atoms with Crippen LogP contribution >= 0.6 is 0 Å². The van der Waals surface area contributed by atoms with Crippen LogP contribution in [0.15, 0.2) is 35.4 Å². The van der Waals surface area contributed by atoms with E-state index in [9.17, 15) is 23.3 Å². The minimum Gasteiger partial charge on any atom is -0.454 e. The molecule has 3 rings (SSSR count). The summed E-state index contributed by atoms with van der Waals surface area (Å²) in [7, 11) is -3.69. The number of nitro benzene ring substituents is 1. The van der Waals surface area contributed by atoms with Gasteiger partial charge in [0.15, 0.2) is 11.5 Å². The molecule has 0 radical (unpaired) electrons.